The maximum absolute atomic E-state index is 14.0. The van der Waals surface area contributed by atoms with Gasteiger partial charge in [0.1, 0.15) is 30.1 Å². The molecule has 0 bridgehead atoms. The van der Waals surface area contributed by atoms with Gasteiger partial charge in [0.2, 0.25) is 11.8 Å². The number of hydrogen-bond acceptors (Lipinski definition) is 8. The standard InChI is InChI=1S/C39H40N2O8/c42-20-18-40-36(44)31-16-8-19-41(31)37(45)29-21-33(35-34(22-29)48-39(49-35)23-27-11-1-2-12-28(27)24-39)47-38(46)30-15-5-3-9-25(30)13-7-14-26-10-4-6-17-32(26)43/h1-7,9-13,15,17,22,31,33-35,42-43H,8,14,16,18-21,23-24H2,(H,40,44). The Hall–Kier alpha value is -4.77. The maximum atomic E-state index is 14.0. The number of nitrogens with one attached hydrogen (secondary N) is 1. The van der Waals surface area contributed by atoms with E-state index in [1.807, 2.05) is 48.6 Å². The normalized spacial score (nSPS) is 23.7. The van der Waals surface area contributed by atoms with Crippen LogP contribution in [0.3, 0.4) is 0 Å². The van der Waals surface area contributed by atoms with Gasteiger partial charge in [-0.3, -0.25) is 9.59 Å². The number of likely N-dealkylation sites (tertiary alicyclic amines) is 1. The van der Waals surface area contributed by atoms with Crippen molar-refractivity contribution >= 4 is 23.9 Å². The van der Waals surface area contributed by atoms with Crippen LogP contribution >= 0.6 is 0 Å². The second kappa shape index (κ2) is 14.0. The minimum absolute atomic E-state index is 0.102. The largest absolute Gasteiger partial charge is 0.508 e. The first kappa shape index (κ1) is 32.8. The lowest BCUT2D eigenvalue weighted by molar-refractivity contribution is -0.172. The first-order valence-electron chi connectivity index (χ1n) is 16.9. The van der Waals surface area contributed by atoms with E-state index in [0.29, 0.717) is 55.3 Å². The van der Waals surface area contributed by atoms with Gasteiger partial charge in [-0.1, -0.05) is 72.8 Å². The van der Waals surface area contributed by atoms with E-state index in [9.17, 15) is 24.6 Å². The summed E-state index contributed by atoms with van der Waals surface area (Å²) in [6, 6.07) is 21.7. The molecule has 1 spiro atoms. The number of benzene rings is 3. The highest BCUT2D eigenvalue weighted by atomic mass is 16.8. The van der Waals surface area contributed by atoms with Gasteiger partial charge < -0.3 is 34.6 Å². The zero-order chi connectivity index (χ0) is 34.0. The first-order chi connectivity index (χ1) is 23.8. The number of nitrogens with zero attached hydrogens (tertiary/aromatic N) is 1. The predicted octanol–water partition coefficient (Wildman–Crippen LogP) is 3.88. The molecule has 0 aromatic heterocycles. The highest BCUT2D eigenvalue weighted by Gasteiger charge is 2.55. The van der Waals surface area contributed by atoms with E-state index < -0.39 is 36.1 Å². The molecule has 2 aliphatic carbocycles. The number of para-hydroxylation sites is 1. The van der Waals surface area contributed by atoms with Gasteiger partial charge in [-0.2, -0.15) is 0 Å². The van der Waals surface area contributed by atoms with Gasteiger partial charge in [0, 0.05) is 37.9 Å². The number of carbonyl (C=O) groups is 3. The number of allylic oxidation sites excluding steroid dienone is 1. The summed E-state index contributed by atoms with van der Waals surface area (Å²) in [6.07, 6.45) is 6.25. The Morgan fingerprint density at radius 2 is 1.71 bits per heavy atom. The van der Waals surface area contributed by atoms with Crippen molar-refractivity contribution in [2.24, 2.45) is 0 Å². The van der Waals surface area contributed by atoms with Crippen LogP contribution in [0.25, 0.3) is 6.08 Å². The summed E-state index contributed by atoms with van der Waals surface area (Å²) in [6.45, 7) is 0.345. The van der Waals surface area contributed by atoms with Crippen molar-refractivity contribution in [1.82, 2.24) is 10.2 Å². The minimum atomic E-state index is -0.942. The molecular formula is C39H40N2O8. The summed E-state index contributed by atoms with van der Waals surface area (Å²) in [5, 5.41) is 22.0. The zero-order valence-corrected chi connectivity index (χ0v) is 27.1. The van der Waals surface area contributed by atoms with Crippen molar-refractivity contribution in [2.45, 2.75) is 68.7 Å². The molecule has 254 valence electrons. The third-order valence-corrected chi connectivity index (χ3v) is 9.78. The molecule has 2 fully saturated rings. The lowest BCUT2D eigenvalue weighted by Crippen LogP contribution is -2.49. The fraction of sp³-hybridized carbons (Fsp3) is 0.359. The van der Waals surface area contributed by atoms with Crippen molar-refractivity contribution in [3.63, 3.8) is 0 Å². The molecule has 4 unspecified atom stereocenters. The van der Waals surface area contributed by atoms with Gasteiger partial charge >= 0.3 is 5.97 Å². The molecule has 2 aliphatic heterocycles. The van der Waals surface area contributed by atoms with Crippen molar-refractivity contribution < 1.29 is 38.8 Å². The zero-order valence-electron chi connectivity index (χ0n) is 27.1. The number of esters is 1. The van der Waals surface area contributed by atoms with E-state index in [0.717, 1.165) is 16.7 Å². The Morgan fingerprint density at radius 3 is 2.49 bits per heavy atom. The number of carbonyl (C=O) groups excluding carboxylic acids is 3. The van der Waals surface area contributed by atoms with Crippen LogP contribution in [-0.2, 0) is 43.1 Å². The smallest absolute Gasteiger partial charge is 0.339 e. The number of rotatable bonds is 9. The number of aliphatic hydroxyl groups is 1. The fourth-order valence-corrected chi connectivity index (χ4v) is 7.44. The molecule has 3 N–H and O–H groups in total. The number of phenols is 1. The monoisotopic (exact) mass is 664 g/mol. The van der Waals surface area contributed by atoms with Crippen LogP contribution in [0, 0.1) is 0 Å². The van der Waals surface area contributed by atoms with Crippen molar-refractivity contribution in [2.75, 3.05) is 19.7 Å². The van der Waals surface area contributed by atoms with E-state index in [4.69, 9.17) is 14.2 Å². The fourth-order valence-electron chi connectivity index (χ4n) is 7.44. The molecule has 4 atom stereocenters. The number of aliphatic hydroxyl groups excluding tert-OH is 1. The van der Waals surface area contributed by atoms with E-state index in [1.165, 1.54) is 0 Å². The average Bonchev–Trinajstić information content (AvgIpc) is 3.84. The topological polar surface area (TPSA) is 135 Å². The van der Waals surface area contributed by atoms with Gasteiger partial charge in [-0.15, -0.1) is 0 Å². The first-order valence-corrected chi connectivity index (χ1v) is 16.9. The third kappa shape index (κ3) is 6.76. The minimum Gasteiger partial charge on any atom is -0.508 e. The highest BCUT2D eigenvalue weighted by molar-refractivity contribution is 5.98. The van der Waals surface area contributed by atoms with Gasteiger partial charge in [-0.05, 0) is 59.7 Å². The SMILES string of the molecule is O=C(OC1CC(C(=O)N2CCCC2C(=O)NCCO)=CC2OC3(Cc4ccccc4C3)OC21)c1ccccc1C=CCc1ccccc1O. The average molecular weight is 665 g/mol. The maximum Gasteiger partial charge on any atom is 0.339 e. The summed E-state index contributed by atoms with van der Waals surface area (Å²) < 4.78 is 19.5. The molecule has 3 aromatic carbocycles. The Morgan fingerprint density at radius 1 is 0.980 bits per heavy atom. The number of hydrogen-bond donors (Lipinski definition) is 3. The van der Waals surface area contributed by atoms with Gasteiger partial charge in [0.05, 0.1) is 12.2 Å². The van der Waals surface area contributed by atoms with Crippen LogP contribution in [0.1, 0.15) is 51.9 Å². The van der Waals surface area contributed by atoms with Crippen LogP contribution in [0.15, 0.2) is 90.5 Å². The van der Waals surface area contributed by atoms with E-state index >= 15 is 0 Å². The molecule has 2 amide bonds. The molecule has 10 nitrogen and oxygen atoms in total. The van der Waals surface area contributed by atoms with Crippen LogP contribution in [0.5, 0.6) is 5.75 Å². The van der Waals surface area contributed by atoms with E-state index in [2.05, 4.69) is 17.4 Å². The molecule has 2 saturated heterocycles. The summed E-state index contributed by atoms with van der Waals surface area (Å²) >= 11 is 0. The lowest BCUT2D eigenvalue weighted by Gasteiger charge is -2.32. The molecule has 2 heterocycles. The van der Waals surface area contributed by atoms with E-state index in [-0.39, 0.29) is 37.1 Å². The summed E-state index contributed by atoms with van der Waals surface area (Å²) in [7, 11) is 0. The van der Waals surface area contributed by atoms with Crippen molar-refractivity contribution in [3.05, 3.63) is 118 Å². The predicted molar refractivity (Wildman–Crippen MR) is 180 cm³/mol. The molecule has 0 radical (unpaired) electrons. The van der Waals surface area contributed by atoms with E-state index in [1.54, 1.807) is 35.2 Å². The summed E-state index contributed by atoms with van der Waals surface area (Å²) in [4.78, 5) is 42.4. The van der Waals surface area contributed by atoms with Gasteiger partial charge in [0.15, 0.2) is 5.79 Å². The number of phenolic OH excluding ortho intramolecular Hbond substituents is 1. The van der Waals surface area contributed by atoms with Crippen LogP contribution in [-0.4, -0.2) is 82.7 Å². The number of fused-ring (bicyclic) bond motifs is 2. The molecular weight excluding hydrogens is 624 g/mol. The van der Waals surface area contributed by atoms with Crippen molar-refractivity contribution in [3.8, 4) is 5.75 Å². The molecule has 0 saturated carbocycles. The van der Waals surface area contributed by atoms with Gasteiger partial charge in [0.25, 0.3) is 0 Å². The molecule has 7 rings (SSSR count). The second-order valence-electron chi connectivity index (χ2n) is 13.0. The second-order valence-corrected chi connectivity index (χ2v) is 13.0. The number of ether oxygens (including phenoxy) is 3. The van der Waals surface area contributed by atoms with Crippen molar-refractivity contribution in [1.29, 1.82) is 0 Å². The van der Waals surface area contributed by atoms with Crippen LogP contribution < -0.4 is 5.32 Å². The summed E-state index contributed by atoms with van der Waals surface area (Å²) in [5.41, 5.74) is 4.46. The van der Waals surface area contributed by atoms with Crippen LogP contribution in [0.4, 0.5) is 0 Å². The molecule has 3 aromatic rings. The Balaban J connectivity index is 1.13. The quantitative estimate of drug-likeness (QED) is 0.294. The molecule has 4 aliphatic rings. The number of amides is 2. The Bertz CT molecular complexity index is 1780. The summed E-state index contributed by atoms with van der Waals surface area (Å²) in [5.74, 6) is -1.89. The molecule has 49 heavy (non-hydrogen) atoms. The van der Waals surface area contributed by atoms with Gasteiger partial charge in [-0.25, -0.2) is 4.79 Å². The highest BCUT2D eigenvalue weighted by Crippen LogP contribution is 2.45. The third-order valence-electron chi connectivity index (χ3n) is 9.78. The Labute approximate surface area is 285 Å². The number of aromatic hydroxyl groups is 1. The lowest BCUT2D eigenvalue weighted by atomic mass is 9.91. The molecule has 10 heteroatoms. The van der Waals surface area contributed by atoms with Crippen LogP contribution in [0.2, 0.25) is 0 Å². The Kier molecular flexibility index (Phi) is 9.35.